The third-order valence-electron chi connectivity index (χ3n) is 9.71. The number of anilines is 1. The highest BCUT2D eigenvalue weighted by Crippen LogP contribution is 2.56. The van der Waals surface area contributed by atoms with Crippen molar-refractivity contribution in [1.29, 1.82) is 0 Å². The second kappa shape index (κ2) is 13.3. The summed E-state index contributed by atoms with van der Waals surface area (Å²) >= 11 is 0. The summed E-state index contributed by atoms with van der Waals surface area (Å²) < 4.78 is 17.5. The van der Waals surface area contributed by atoms with E-state index in [0.29, 0.717) is 17.9 Å². The third-order valence-corrected chi connectivity index (χ3v) is 9.71. The first kappa shape index (κ1) is 32.5. The molecule has 2 N–H and O–H groups in total. The summed E-state index contributed by atoms with van der Waals surface area (Å²) in [5, 5.41) is 13.6. The van der Waals surface area contributed by atoms with Gasteiger partial charge in [-0.25, -0.2) is 0 Å². The molecule has 3 amide bonds. The van der Waals surface area contributed by atoms with E-state index in [1.165, 1.54) is 4.90 Å². The number of fused-ring (bicyclic) bond motifs is 2. The van der Waals surface area contributed by atoms with Crippen LogP contribution in [0.15, 0.2) is 78.9 Å². The molecule has 2 fully saturated rings. The van der Waals surface area contributed by atoms with E-state index in [4.69, 9.17) is 14.2 Å². The number of carbonyl (C=O) groups excluding carboxylic acids is 4. The van der Waals surface area contributed by atoms with Crippen LogP contribution in [0.2, 0.25) is 0 Å². The highest BCUT2D eigenvalue weighted by molar-refractivity contribution is 6.05. The van der Waals surface area contributed by atoms with Crippen LogP contribution in [0.3, 0.4) is 0 Å². The van der Waals surface area contributed by atoms with Crippen LogP contribution in [-0.2, 0) is 28.7 Å². The average Bonchev–Trinajstić information content (AvgIpc) is 3.72. The number of hydrogen-bond acceptors (Lipinski definition) is 8. The lowest BCUT2D eigenvalue weighted by Gasteiger charge is -2.40. The predicted octanol–water partition coefficient (Wildman–Crippen LogP) is 2.95. The van der Waals surface area contributed by atoms with Crippen LogP contribution >= 0.6 is 0 Å². The molecule has 11 nitrogen and oxygen atoms in total. The Balaban J connectivity index is 1.46. The normalized spacial score (nSPS) is 30.7. The first-order chi connectivity index (χ1) is 22.7. The van der Waals surface area contributed by atoms with Crippen molar-refractivity contribution in [2.45, 2.75) is 56.5 Å². The van der Waals surface area contributed by atoms with Crippen LogP contribution in [0, 0.1) is 17.8 Å². The van der Waals surface area contributed by atoms with E-state index in [9.17, 15) is 24.3 Å². The van der Waals surface area contributed by atoms with Crippen molar-refractivity contribution in [2.24, 2.45) is 17.8 Å². The number of nitrogens with zero attached hydrogens (tertiary/aromatic N) is 2. The molecule has 4 heterocycles. The lowest BCUT2D eigenvalue weighted by Crippen LogP contribution is -2.59. The number of esters is 1. The Labute approximate surface area is 274 Å². The third kappa shape index (κ3) is 5.82. The maximum Gasteiger partial charge on any atom is 0.306 e. The summed E-state index contributed by atoms with van der Waals surface area (Å²) in [5.74, 6) is -3.25. The summed E-state index contributed by atoms with van der Waals surface area (Å²) in [5.41, 5.74) is -0.129. The number of aliphatic hydroxyl groups is 1. The molecule has 0 unspecified atom stereocenters. The molecule has 0 aliphatic carbocycles. The van der Waals surface area contributed by atoms with E-state index < -0.39 is 65.4 Å². The van der Waals surface area contributed by atoms with E-state index in [2.05, 4.69) is 5.32 Å². The number of likely N-dealkylation sites (tertiary alicyclic amines) is 1. The monoisotopic (exact) mass is 643 g/mol. The summed E-state index contributed by atoms with van der Waals surface area (Å²) in [6.45, 7) is 3.44. The minimum Gasteiger partial charge on any atom is -0.497 e. The quantitative estimate of drug-likeness (QED) is 0.363. The molecular weight excluding hydrogens is 602 g/mol. The van der Waals surface area contributed by atoms with E-state index in [1.54, 1.807) is 54.5 Å². The number of methoxy groups -OCH3 is 1. The summed E-state index contributed by atoms with van der Waals surface area (Å²) in [4.78, 5) is 59.5. The SMILES string of the molecule is COc1ccc(N2C/C=C\CCC(=O)OC[C@H](c3ccccc3)NC(=O)[C@@H]3[C@H]4C(=O)N([C@@H](CO)C(C)C)[C@H](C2=O)[C@]42C=C[C@H]3O2)cc1. The van der Waals surface area contributed by atoms with Gasteiger partial charge in [-0.05, 0) is 42.2 Å². The summed E-state index contributed by atoms with van der Waals surface area (Å²) in [6, 6.07) is 13.7. The van der Waals surface area contributed by atoms with E-state index in [0.717, 1.165) is 5.56 Å². The highest BCUT2D eigenvalue weighted by atomic mass is 16.5. The second-order valence-electron chi connectivity index (χ2n) is 12.8. The molecule has 0 aromatic heterocycles. The molecule has 0 saturated carbocycles. The van der Waals surface area contributed by atoms with Gasteiger partial charge in [0.2, 0.25) is 11.8 Å². The Hall–Kier alpha value is -4.48. The molecule has 4 aliphatic rings. The van der Waals surface area contributed by atoms with Crippen molar-refractivity contribution in [3.63, 3.8) is 0 Å². The molecule has 11 heteroatoms. The van der Waals surface area contributed by atoms with Gasteiger partial charge in [0.25, 0.3) is 5.91 Å². The highest BCUT2D eigenvalue weighted by Gasteiger charge is 2.74. The van der Waals surface area contributed by atoms with Gasteiger partial charge in [0, 0.05) is 18.7 Å². The van der Waals surface area contributed by atoms with Crippen molar-refractivity contribution >= 4 is 29.4 Å². The maximum absolute atomic E-state index is 14.9. The largest absolute Gasteiger partial charge is 0.497 e. The molecule has 1 spiro atoms. The number of ether oxygens (including phenoxy) is 3. The van der Waals surface area contributed by atoms with E-state index in [-0.39, 0.29) is 32.1 Å². The van der Waals surface area contributed by atoms with Gasteiger partial charge >= 0.3 is 5.97 Å². The smallest absolute Gasteiger partial charge is 0.306 e. The Morgan fingerprint density at radius 1 is 1.02 bits per heavy atom. The number of hydrogen-bond donors (Lipinski definition) is 2. The molecule has 47 heavy (non-hydrogen) atoms. The lowest BCUT2D eigenvalue weighted by molar-refractivity contribution is -0.147. The Morgan fingerprint density at radius 2 is 1.77 bits per heavy atom. The summed E-state index contributed by atoms with van der Waals surface area (Å²) in [7, 11) is 1.56. The summed E-state index contributed by atoms with van der Waals surface area (Å²) in [6.07, 6.45) is 6.88. The fourth-order valence-electron chi connectivity index (χ4n) is 7.32. The van der Waals surface area contributed by atoms with Gasteiger partial charge < -0.3 is 34.4 Å². The molecule has 0 radical (unpaired) electrons. The first-order valence-corrected chi connectivity index (χ1v) is 16.1. The molecule has 6 rings (SSSR count). The number of nitrogens with one attached hydrogen (secondary N) is 1. The number of aliphatic hydroxyl groups excluding tert-OH is 1. The number of amides is 3. The van der Waals surface area contributed by atoms with Gasteiger partial charge in [-0.3, -0.25) is 19.2 Å². The number of cyclic esters (lactones) is 1. The zero-order chi connectivity index (χ0) is 33.3. The average molecular weight is 644 g/mol. The van der Waals surface area contributed by atoms with Gasteiger partial charge in [-0.15, -0.1) is 0 Å². The van der Waals surface area contributed by atoms with Crippen LogP contribution in [-0.4, -0.2) is 84.4 Å². The van der Waals surface area contributed by atoms with Crippen LogP contribution in [0.4, 0.5) is 5.69 Å². The minimum absolute atomic E-state index is 0.0887. The number of allylic oxidation sites excluding steroid dienone is 1. The van der Waals surface area contributed by atoms with Gasteiger partial charge in [-0.1, -0.05) is 68.5 Å². The molecule has 2 saturated heterocycles. The molecule has 2 aromatic carbocycles. The molecule has 7 atom stereocenters. The first-order valence-electron chi connectivity index (χ1n) is 16.1. The lowest BCUT2D eigenvalue weighted by atomic mass is 9.74. The number of carbonyl (C=O) groups is 4. The van der Waals surface area contributed by atoms with E-state index >= 15 is 0 Å². The van der Waals surface area contributed by atoms with Crippen LogP contribution in [0.25, 0.3) is 0 Å². The molecule has 2 aromatic rings. The van der Waals surface area contributed by atoms with E-state index in [1.807, 2.05) is 50.3 Å². The van der Waals surface area contributed by atoms with Crippen LogP contribution in [0.5, 0.6) is 5.75 Å². The molecule has 4 aliphatic heterocycles. The van der Waals surface area contributed by atoms with Gasteiger partial charge in [-0.2, -0.15) is 0 Å². The Morgan fingerprint density at radius 3 is 2.45 bits per heavy atom. The van der Waals surface area contributed by atoms with Crippen LogP contribution < -0.4 is 15.0 Å². The minimum atomic E-state index is -1.43. The van der Waals surface area contributed by atoms with Crippen molar-refractivity contribution in [3.05, 3.63) is 84.5 Å². The standard InChI is InChI=1S/C36H41N3O8/c1-22(2)27(20-40)39-32-35(44)38(24-13-15-25(45-3)16-14-24)19-9-5-8-12-29(41)46-21-26(23-10-6-4-7-11-23)37-33(42)30-28-17-18-36(32,47-28)31(30)34(39)43/h4-7,9-11,13-18,22,26-28,30-32,40H,8,12,19-21H2,1-3H3,(H,37,42)/b9-5-/t26-,27+,28-,30+,31+,32-,36+/m1/s1. The molecule has 248 valence electrons. The zero-order valence-electron chi connectivity index (χ0n) is 26.8. The van der Waals surface area contributed by atoms with Crippen molar-refractivity contribution < 1.29 is 38.5 Å². The maximum atomic E-state index is 14.9. The number of benzene rings is 2. The van der Waals surface area contributed by atoms with Crippen molar-refractivity contribution in [1.82, 2.24) is 10.2 Å². The van der Waals surface area contributed by atoms with Gasteiger partial charge in [0.1, 0.15) is 24.0 Å². The topological polar surface area (TPSA) is 135 Å². The van der Waals surface area contributed by atoms with Gasteiger partial charge in [0.05, 0.1) is 43.7 Å². The van der Waals surface area contributed by atoms with Crippen molar-refractivity contribution in [3.8, 4) is 5.75 Å². The number of rotatable bonds is 6. The zero-order valence-corrected chi connectivity index (χ0v) is 26.8. The predicted molar refractivity (Wildman–Crippen MR) is 172 cm³/mol. The fraction of sp³-hybridized carbons (Fsp3) is 0.444. The van der Waals surface area contributed by atoms with Crippen LogP contribution in [0.1, 0.15) is 38.3 Å². The second-order valence-corrected chi connectivity index (χ2v) is 12.8. The van der Waals surface area contributed by atoms with Gasteiger partial charge in [0.15, 0.2) is 0 Å². The Bertz CT molecular complexity index is 1560. The Kier molecular flexibility index (Phi) is 9.20. The molecule has 5 bridgehead atoms. The van der Waals surface area contributed by atoms with Crippen molar-refractivity contribution in [2.75, 3.05) is 31.8 Å². The molecular formula is C36H41N3O8. The fourth-order valence-corrected chi connectivity index (χ4v) is 7.32.